The normalized spacial score (nSPS) is 14.5. The van der Waals surface area contributed by atoms with Crippen LogP contribution in [0.15, 0.2) is 40.9 Å². The van der Waals surface area contributed by atoms with E-state index in [4.69, 9.17) is 14.5 Å². The average molecular weight is 415 g/mol. The molecule has 3 heterocycles. The highest BCUT2D eigenvalue weighted by Gasteiger charge is 2.25. The number of aromatic nitrogens is 3. The zero-order valence-electron chi connectivity index (χ0n) is 18.1. The Morgan fingerprint density at radius 3 is 2.45 bits per heavy atom. The number of nitrogens with zero attached hydrogens (tertiary/aromatic N) is 5. The smallest absolute Gasteiger partial charge is 0.228 e. The molecular formula is C24H25N5O2. The van der Waals surface area contributed by atoms with E-state index >= 15 is 0 Å². The van der Waals surface area contributed by atoms with Gasteiger partial charge in [-0.05, 0) is 50.1 Å². The van der Waals surface area contributed by atoms with Crippen LogP contribution in [0.25, 0.3) is 22.0 Å². The van der Waals surface area contributed by atoms with Crippen molar-refractivity contribution in [2.75, 3.05) is 31.1 Å². The number of hydrogen-bond donors (Lipinski definition) is 0. The van der Waals surface area contributed by atoms with Gasteiger partial charge in [0.05, 0.1) is 23.1 Å². The fourth-order valence-corrected chi connectivity index (χ4v) is 4.37. The number of benzene rings is 2. The number of piperazine rings is 1. The molecule has 0 aliphatic carbocycles. The fraction of sp³-hybridized carbons (Fsp3) is 0.333. The first-order valence-electron chi connectivity index (χ1n) is 10.6. The van der Waals surface area contributed by atoms with E-state index in [1.165, 1.54) is 0 Å². The Labute approximate surface area is 180 Å². The molecule has 4 aromatic rings. The molecule has 0 unspecified atom stereocenters. The second-order valence-corrected chi connectivity index (χ2v) is 8.25. The van der Waals surface area contributed by atoms with Crippen LogP contribution in [0.2, 0.25) is 0 Å². The number of carbonyl (C=O) groups excluding carboxylic acids is 1. The van der Waals surface area contributed by atoms with Crippen LogP contribution in [0.3, 0.4) is 0 Å². The van der Waals surface area contributed by atoms with Gasteiger partial charge in [-0.2, -0.15) is 0 Å². The molecule has 0 N–H and O–H groups in total. The van der Waals surface area contributed by atoms with Crippen molar-refractivity contribution in [1.29, 1.82) is 0 Å². The Kier molecular flexibility index (Phi) is 4.81. The standard InChI is InChI=1S/C24H25N5O2/c1-15-12-16(2)23-18(13-15)21(27-31-23)14-22(30)28-8-10-29(11-9-28)24-17(3)25-19-6-4-5-7-20(19)26-24/h4-7,12-13H,8-11,14H2,1-3H3. The van der Waals surface area contributed by atoms with Crippen LogP contribution in [-0.4, -0.2) is 52.1 Å². The topological polar surface area (TPSA) is 75.4 Å². The molecule has 1 fully saturated rings. The van der Waals surface area contributed by atoms with Gasteiger partial charge < -0.3 is 14.3 Å². The molecule has 1 aliphatic rings. The lowest BCUT2D eigenvalue weighted by Gasteiger charge is -2.35. The third kappa shape index (κ3) is 3.60. The minimum Gasteiger partial charge on any atom is -0.356 e. The van der Waals surface area contributed by atoms with Gasteiger partial charge in [0.1, 0.15) is 5.69 Å². The van der Waals surface area contributed by atoms with E-state index in [1.54, 1.807) is 0 Å². The van der Waals surface area contributed by atoms with Crippen LogP contribution in [0.1, 0.15) is 22.5 Å². The number of carbonyl (C=O) groups is 1. The van der Waals surface area contributed by atoms with Crippen LogP contribution in [0.4, 0.5) is 5.82 Å². The van der Waals surface area contributed by atoms with E-state index < -0.39 is 0 Å². The average Bonchev–Trinajstić information content (AvgIpc) is 3.16. The zero-order chi connectivity index (χ0) is 21.5. The van der Waals surface area contributed by atoms with Crippen molar-refractivity contribution in [2.24, 2.45) is 0 Å². The van der Waals surface area contributed by atoms with Crippen molar-refractivity contribution < 1.29 is 9.32 Å². The Morgan fingerprint density at radius 2 is 1.71 bits per heavy atom. The van der Waals surface area contributed by atoms with Crippen LogP contribution < -0.4 is 4.90 Å². The Morgan fingerprint density at radius 1 is 1.00 bits per heavy atom. The highest BCUT2D eigenvalue weighted by molar-refractivity contribution is 5.88. The summed E-state index contributed by atoms with van der Waals surface area (Å²) in [5.74, 6) is 0.981. The van der Waals surface area contributed by atoms with Gasteiger partial charge in [-0.15, -0.1) is 0 Å². The number of rotatable bonds is 3. The summed E-state index contributed by atoms with van der Waals surface area (Å²) >= 11 is 0. The molecule has 7 nitrogen and oxygen atoms in total. The third-order valence-corrected chi connectivity index (χ3v) is 5.95. The van der Waals surface area contributed by atoms with E-state index in [-0.39, 0.29) is 12.3 Å². The molecule has 1 saturated heterocycles. The third-order valence-electron chi connectivity index (χ3n) is 5.95. The van der Waals surface area contributed by atoms with E-state index in [1.807, 2.05) is 56.0 Å². The Bertz CT molecular complexity index is 1290. The molecule has 5 rings (SSSR count). The van der Waals surface area contributed by atoms with Gasteiger partial charge in [0, 0.05) is 31.6 Å². The highest BCUT2D eigenvalue weighted by atomic mass is 16.5. The quantitative estimate of drug-likeness (QED) is 0.509. The van der Waals surface area contributed by atoms with Crippen LogP contribution in [0.5, 0.6) is 0 Å². The second kappa shape index (κ2) is 7.65. The molecule has 1 aliphatic heterocycles. The predicted molar refractivity (Wildman–Crippen MR) is 120 cm³/mol. The van der Waals surface area contributed by atoms with E-state index in [9.17, 15) is 4.79 Å². The Balaban J connectivity index is 1.29. The van der Waals surface area contributed by atoms with Gasteiger partial charge in [-0.1, -0.05) is 23.4 Å². The first-order chi connectivity index (χ1) is 15.0. The summed E-state index contributed by atoms with van der Waals surface area (Å²) in [6.07, 6.45) is 0.255. The summed E-state index contributed by atoms with van der Waals surface area (Å²) in [7, 11) is 0. The lowest BCUT2D eigenvalue weighted by Crippen LogP contribution is -2.49. The van der Waals surface area contributed by atoms with E-state index in [0.717, 1.165) is 57.7 Å². The lowest BCUT2D eigenvalue weighted by molar-refractivity contribution is -0.130. The minimum atomic E-state index is 0.0790. The van der Waals surface area contributed by atoms with Gasteiger partial charge in [0.25, 0.3) is 0 Å². The van der Waals surface area contributed by atoms with E-state index in [0.29, 0.717) is 18.8 Å². The molecule has 0 radical (unpaired) electrons. The van der Waals surface area contributed by atoms with Crippen molar-refractivity contribution in [3.8, 4) is 0 Å². The molecule has 0 bridgehead atoms. The number of hydrogen-bond acceptors (Lipinski definition) is 6. The van der Waals surface area contributed by atoms with Gasteiger partial charge in [0.15, 0.2) is 11.4 Å². The maximum atomic E-state index is 13.0. The van der Waals surface area contributed by atoms with Crippen molar-refractivity contribution in [3.05, 3.63) is 58.9 Å². The van der Waals surface area contributed by atoms with Crippen molar-refractivity contribution in [2.45, 2.75) is 27.2 Å². The second-order valence-electron chi connectivity index (χ2n) is 8.25. The van der Waals surface area contributed by atoms with Crippen LogP contribution in [0, 0.1) is 20.8 Å². The summed E-state index contributed by atoms with van der Waals surface area (Å²) in [6.45, 7) is 8.81. The summed E-state index contributed by atoms with van der Waals surface area (Å²) in [6, 6.07) is 12.0. The molecule has 0 saturated carbocycles. The molecule has 31 heavy (non-hydrogen) atoms. The van der Waals surface area contributed by atoms with Gasteiger partial charge >= 0.3 is 0 Å². The zero-order valence-corrected chi connectivity index (χ0v) is 18.1. The summed E-state index contributed by atoms with van der Waals surface area (Å²) in [5, 5.41) is 5.12. The number of anilines is 1. The lowest BCUT2D eigenvalue weighted by atomic mass is 10.1. The predicted octanol–water partition coefficient (Wildman–Crippen LogP) is 3.59. The maximum Gasteiger partial charge on any atom is 0.228 e. The molecule has 2 aromatic heterocycles. The molecule has 158 valence electrons. The Hall–Kier alpha value is -3.48. The number of fused-ring (bicyclic) bond motifs is 2. The van der Waals surface area contributed by atoms with Gasteiger partial charge in [-0.3, -0.25) is 4.79 Å². The van der Waals surface area contributed by atoms with Crippen molar-refractivity contribution in [1.82, 2.24) is 20.0 Å². The van der Waals surface area contributed by atoms with Gasteiger partial charge in [-0.25, -0.2) is 9.97 Å². The van der Waals surface area contributed by atoms with Gasteiger partial charge in [0.2, 0.25) is 5.91 Å². The fourth-order valence-electron chi connectivity index (χ4n) is 4.37. The summed E-state index contributed by atoms with van der Waals surface area (Å²) in [5.41, 5.74) is 6.38. The number of aryl methyl sites for hydroxylation is 3. The molecule has 1 amide bonds. The minimum absolute atomic E-state index is 0.0790. The van der Waals surface area contributed by atoms with Crippen molar-refractivity contribution >= 4 is 33.7 Å². The van der Waals surface area contributed by atoms with Crippen LogP contribution >= 0.6 is 0 Å². The summed E-state index contributed by atoms with van der Waals surface area (Å²) < 4.78 is 5.50. The maximum absolute atomic E-state index is 13.0. The number of amides is 1. The molecule has 0 spiro atoms. The molecular weight excluding hydrogens is 390 g/mol. The number of para-hydroxylation sites is 2. The summed E-state index contributed by atoms with van der Waals surface area (Å²) in [4.78, 5) is 26.6. The molecule has 7 heteroatoms. The largest absolute Gasteiger partial charge is 0.356 e. The first kappa shape index (κ1) is 19.5. The molecule has 2 aromatic carbocycles. The van der Waals surface area contributed by atoms with Crippen LogP contribution in [-0.2, 0) is 11.2 Å². The van der Waals surface area contributed by atoms with E-state index in [2.05, 4.69) is 16.1 Å². The van der Waals surface area contributed by atoms with Crippen molar-refractivity contribution in [3.63, 3.8) is 0 Å². The monoisotopic (exact) mass is 415 g/mol. The molecule has 0 atom stereocenters. The SMILES string of the molecule is Cc1cc(C)c2onc(CC(=O)N3CCN(c4nc5ccccc5nc4C)CC3)c2c1. The highest BCUT2D eigenvalue weighted by Crippen LogP contribution is 2.25. The first-order valence-corrected chi connectivity index (χ1v) is 10.6.